The molecule has 0 amide bonds. The number of hydrogen-bond acceptors (Lipinski definition) is 7. The molecular weight excluding hydrogens is 404 g/mol. The van der Waals surface area contributed by atoms with E-state index < -0.39 is 0 Å². The highest BCUT2D eigenvalue weighted by Gasteiger charge is 2.21. The minimum absolute atomic E-state index is 0.509. The Balaban J connectivity index is 1.92. The lowest BCUT2D eigenvalue weighted by Crippen LogP contribution is -2.26. The predicted octanol–water partition coefficient (Wildman–Crippen LogP) is 3.47. The van der Waals surface area contributed by atoms with Crippen molar-refractivity contribution in [2.24, 2.45) is 17.5 Å². The summed E-state index contributed by atoms with van der Waals surface area (Å²) in [6, 6.07) is 6.10. The second-order valence-corrected chi connectivity index (χ2v) is 8.32. The summed E-state index contributed by atoms with van der Waals surface area (Å²) in [5.74, 6) is 7.15. The van der Waals surface area contributed by atoms with E-state index in [4.69, 9.17) is 31.0 Å². The van der Waals surface area contributed by atoms with E-state index in [0.717, 1.165) is 71.6 Å². The molecule has 0 spiro atoms. The zero-order chi connectivity index (χ0) is 22.8. The van der Waals surface area contributed by atoms with Crippen molar-refractivity contribution in [2.75, 3.05) is 26.9 Å². The van der Waals surface area contributed by atoms with Crippen LogP contribution in [0.25, 0.3) is 33.5 Å². The molecule has 4 rings (SSSR count). The summed E-state index contributed by atoms with van der Waals surface area (Å²) in [6.07, 6.45) is 3.87. The Morgan fingerprint density at radius 3 is 2.75 bits per heavy atom. The highest BCUT2D eigenvalue weighted by atomic mass is 16.5. The molecule has 0 saturated carbocycles. The summed E-state index contributed by atoms with van der Waals surface area (Å²) in [6.45, 7) is 10.8. The van der Waals surface area contributed by atoms with Crippen LogP contribution in [0.15, 0.2) is 36.7 Å². The van der Waals surface area contributed by atoms with E-state index in [-0.39, 0.29) is 0 Å². The third kappa shape index (κ3) is 4.16. The van der Waals surface area contributed by atoms with E-state index in [1.165, 1.54) is 5.01 Å². The average molecular weight is 437 g/mol. The van der Waals surface area contributed by atoms with Crippen molar-refractivity contribution in [3.8, 4) is 0 Å². The highest BCUT2D eigenvalue weighted by Crippen LogP contribution is 2.32. The Morgan fingerprint density at radius 1 is 1.34 bits per heavy atom. The SMILES string of the molecule is C=C(OCC)c1ccc2c3ncc(/C(=C(\C)N)N(C)N)cc3n(CC3CCOCC3)c2n1. The molecule has 8 nitrogen and oxygen atoms in total. The summed E-state index contributed by atoms with van der Waals surface area (Å²) >= 11 is 0. The molecule has 1 aliphatic rings. The van der Waals surface area contributed by atoms with Crippen molar-refractivity contribution in [2.45, 2.75) is 33.2 Å². The molecule has 170 valence electrons. The number of aromatic nitrogens is 3. The van der Waals surface area contributed by atoms with Crippen LogP contribution in [-0.2, 0) is 16.0 Å². The second-order valence-electron chi connectivity index (χ2n) is 8.32. The second kappa shape index (κ2) is 9.18. The first-order valence-electron chi connectivity index (χ1n) is 11.0. The van der Waals surface area contributed by atoms with Crippen molar-refractivity contribution in [3.05, 3.63) is 47.9 Å². The highest BCUT2D eigenvalue weighted by molar-refractivity contribution is 6.05. The van der Waals surface area contributed by atoms with Crippen LogP contribution < -0.4 is 11.6 Å². The monoisotopic (exact) mass is 436 g/mol. The molecule has 3 aromatic rings. The fourth-order valence-corrected chi connectivity index (χ4v) is 4.43. The number of ether oxygens (including phenoxy) is 2. The largest absolute Gasteiger partial charge is 0.492 e. The van der Waals surface area contributed by atoms with Gasteiger partial charge in [0.15, 0.2) is 0 Å². The molecule has 8 heteroatoms. The van der Waals surface area contributed by atoms with Crippen molar-refractivity contribution < 1.29 is 9.47 Å². The predicted molar refractivity (Wildman–Crippen MR) is 128 cm³/mol. The van der Waals surface area contributed by atoms with E-state index in [0.29, 0.717) is 24.0 Å². The zero-order valence-electron chi connectivity index (χ0n) is 19.1. The summed E-state index contributed by atoms with van der Waals surface area (Å²) < 4.78 is 13.4. The van der Waals surface area contributed by atoms with Gasteiger partial charge in [-0.25, -0.2) is 10.8 Å². The first kappa shape index (κ1) is 22.1. The van der Waals surface area contributed by atoms with Crippen LogP contribution in [0.3, 0.4) is 0 Å². The fraction of sp³-hybridized carbons (Fsp3) is 0.417. The Hall–Kier alpha value is -3.10. The molecule has 0 radical (unpaired) electrons. The summed E-state index contributed by atoms with van der Waals surface area (Å²) in [4.78, 5) is 9.74. The molecule has 1 saturated heterocycles. The van der Waals surface area contributed by atoms with E-state index in [2.05, 4.69) is 23.3 Å². The number of fused-ring (bicyclic) bond motifs is 3. The van der Waals surface area contributed by atoms with Gasteiger partial charge in [-0.15, -0.1) is 0 Å². The minimum Gasteiger partial charge on any atom is -0.492 e. The molecule has 1 fully saturated rings. The lowest BCUT2D eigenvalue weighted by atomic mass is 10.0. The third-order valence-corrected chi connectivity index (χ3v) is 5.93. The van der Waals surface area contributed by atoms with Crippen molar-refractivity contribution in [1.29, 1.82) is 0 Å². The molecule has 1 aliphatic heterocycles. The van der Waals surface area contributed by atoms with Gasteiger partial charge >= 0.3 is 0 Å². The number of rotatable bonds is 7. The summed E-state index contributed by atoms with van der Waals surface area (Å²) in [5.41, 5.74) is 11.9. The maximum Gasteiger partial charge on any atom is 0.143 e. The molecule has 0 atom stereocenters. The van der Waals surface area contributed by atoms with Crippen molar-refractivity contribution in [3.63, 3.8) is 0 Å². The van der Waals surface area contributed by atoms with Crippen LogP contribution in [0.1, 0.15) is 37.9 Å². The summed E-state index contributed by atoms with van der Waals surface area (Å²) in [5, 5.41) is 2.54. The van der Waals surface area contributed by atoms with Gasteiger partial charge in [0.25, 0.3) is 0 Å². The molecule has 0 aliphatic carbocycles. The molecule has 4 heterocycles. The van der Waals surface area contributed by atoms with Gasteiger partial charge in [-0.2, -0.15) is 0 Å². The number of hydrogen-bond donors (Lipinski definition) is 2. The number of nitrogens with zero attached hydrogens (tertiary/aromatic N) is 4. The van der Waals surface area contributed by atoms with Crippen molar-refractivity contribution in [1.82, 2.24) is 19.5 Å². The normalized spacial score (nSPS) is 15.8. The lowest BCUT2D eigenvalue weighted by molar-refractivity contribution is 0.0619. The van der Waals surface area contributed by atoms with E-state index in [1.807, 2.05) is 26.1 Å². The maximum atomic E-state index is 6.13. The van der Waals surface area contributed by atoms with Crippen LogP contribution in [0.4, 0.5) is 0 Å². The first-order valence-corrected chi connectivity index (χ1v) is 11.0. The Bertz CT molecular complexity index is 1170. The average Bonchev–Trinajstić information content (AvgIpc) is 3.06. The van der Waals surface area contributed by atoms with E-state index in [9.17, 15) is 0 Å². The van der Waals surface area contributed by atoms with Gasteiger partial charge in [-0.1, -0.05) is 6.58 Å². The van der Waals surface area contributed by atoms with Gasteiger partial charge in [0.1, 0.15) is 17.1 Å². The van der Waals surface area contributed by atoms with Crippen LogP contribution in [0, 0.1) is 5.92 Å². The van der Waals surface area contributed by atoms with Gasteiger partial charge < -0.3 is 24.8 Å². The molecule has 0 unspecified atom stereocenters. The van der Waals surface area contributed by atoms with Gasteiger partial charge in [-0.3, -0.25) is 4.98 Å². The first-order chi connectivity index (χ1) is 15.4. The summed E-state index contributed by atoms with van der Waals surface area (Å²) in [7, 11) is 1.78. The Kier molecular flexibility index (Phi) is 6.34. The molecule has 3 aromatic heterocycles. The molecule has 0 aromatic carbocycles. The topological polar surface area (TPSA) is 104 Å². The fourth-order valence-electron chi connectivity index (χ4n) is 4.43. The smallest absolute Gasteiger partial charge is 0.143 e. The Morgan fingerprint density at radius 2 is 2.09 bits per heavy atom. The standard InChI is InChI=1S/C24H32N6O2/c1-5-32-16(3)20-7-6-19-22-21(12-18(13-27-22)23(15(2)25)29(4)26)30(24(19)28-20)14-17-8-10-31-11-9-17/h6-7,12-13,17H,3,5,8-11,14,25-26H2,1-2,4H3/b23-15-. The van der Waals surface area contributed by atoms with Crippen LogP contribution in [0.5, 0.6) is 0 Å². The van der Waals surface area contributed by atoms with E-state index in [1.54, 1.807) is 7.05 Å². The quantitative estimate of drug-likeness (QED) is 0.332. The van der Waals surface area contributed by atoms with Crippen LogP contribution >= 0.6 is 0 Å². The number of pyridine rings is 2. The third-order valence-electron chi connectivity index (χ3n) is 5.93. The molecule has 0 bridgehead atoms. The number of hydrazine groups is 1. The molecular formula is C24H32N6O2. The number of allylic oxidation sites excluding steroid dienone is 1. The Labute approximate surface area is 188 Å². The van der Waals surface area contributed by atoms with Crippen LogP contribution in [0.2, 0.25) is 0 Å². The molecule has 32 heavy (non-hydrogen) atoms. The molecule has 4 N–H and O–H groups in total. The van der Waals surface area contributed by atoms with Gasteiger partial charge in [-0.05, 0) is 50.8 Å². The zero-order valence-corrected chi connectivity index (χ0v) is 19.1. The van der Waals surface area contributed by atoms with Gasteiger partial charge in [0, 0.05) is 49.6 Å². The lowest BCUT2D eigenvalue weighted by Gasteiger charge is -2.23. The minimum atomic E-state index is 0.509. The maximum absolute atomic E-state index is 6.13. The van der Waals surface area contributed by atoms with Crippen LogP contribution in [-0.4, -0.2) is 46.4 Å². The van der Waals surface area contributed by atoms with Gasteiger partial charge in [0.2, 0.25) is 0 Å². The van der Waals surface area contributed by atoms with E-state index >= 15 is 0 Å². The van der Waals surface area contributed by atoms with Crippen molar-refractivity contribution >= 4 is 33.5 Å². The number of nitrogens with two attached hydrogens (primary N) is 2. The van der Waals surface area contributed by atoms with Gasteiger partial charge in [0.05, 0.1) is 23.3 Å².